The Morgan fingerprint density at radius 2 is 2.06 bits per heavy atom. The summed E-state index contributed by atoms with van der Waals surface area (Å²) in [4.78, 5) is 11.9. The van der Waals surface area contributed by atoms with Gasteiger partial charge in [0.15, 0.2) is 0 Å². The van der Waals surface area contributed by atoms with Gasteiger partial charge in [0.25, 0.3) is 0 Å². The highest BCUT2D eigenvalue weighted by Gasteiger charge is 2.39. The summed E-state index contributed by atoms with van der Waals surface area (Å²) in [5, 5.41) is 0. The Morgan fingerprint density at radius 3 is 2.72 bits per heavy atom. The van der Waals surface area contributed by atoms with Crippen LogP contribution in [0.1, 0.15) is 32.6 Å². The lowest BCUT2D eigenvalue weighted by Gasteiger charge is -2.34. The van der Waals surface area contributed by atoms with E-state index in [1.54, 1.807) is 7.11 Å². The second-order valence-electron chi connectivity index (χ2n) is 5.10. The Kier molecular flexibility index (Phi) is 6.60. The van der Waals surface area contributed by atoms with Crippen molar-refractivity contribution in [1.82, 2.24) is 0 Å². The molecule has 1 rings (SSSR count). The number of carbonyl (C=O) groups excluding carboxylic acids is 1. The Hall–Kier alpha value is -0.650. The molecular weight excluding hydrogens is 234 g/mol. The van der Waals surface area contributed by atoms with Crippen molar-refractivity contribution < 1.29 is 19.0 Å². The van der Waals surface area contributed by atoms with Gasteiger partial charge in [0.1, 0.15) is 12.1 Å². The fourth-order valence-electron chi connectivity index (χ4n) is 2.36. The Balaban J connectivity index is 2.19. The van der Waals surface area contributed by atoms with Crippen LogP contribution in [0.25, 0.3) is 0 Å². The predicted molar refractivity (Wildman–Crippen MR) is 68.2 cm³/mol. The SMILES string of the molecule is COCCOCCOC(=O)C1(N)CCCC(C)C1. The fourth-order valence-corrected chi connectivity index (χ4v) is 2.36. The highest BCUT2D eigenvalue weighted by molar-refractivity contribution is 5.80. The van der Waals surface area contributed by atoms with Crippen LogP contribution in [0.2, 0.25) is 0 Å². The predicted octanol–water partition coefficient (Wildman–Crippen LogP) is 1.10. The minimum Gasteiger partial charge on any atom is -0.462 e. The second kappa shape index (κ2) is 7.71. The summed E-state index contributed by atoms with van der Waals surface area (Å²) in [5.74, 6) is 0.207. The molecule has 0 bridgehead atoms. The van der Waals surface area contributed by atoms with Gasteiger partial charge in [-0.3, -0.25) is 4.79 Å². The molecule has 0 spiro atoms. The van der Waals surface area contributed by atoms with Gasteiger partial charge in [0.2, 0.25) is 0 Å². The Bertz CT molecular complexity index is 259. The molecule has 0 aromatic heterocycles. The third-order valence-corrected chi connectivity index (χ3v) is 3.33. The maximum atomic E-state index is 11.9. The van der Waals surface area contributed by atoms with Crippen LogP contribution in [0.15, 0.2) is 0 Å². The van der Waals surface area contributed by atoms with E-state index >= 15 is 0 Å². The smallest absolute Gasteiger partial charge is 0.326 e. The zero-order valence-corrected chi connectivity index (χ0v) is 11.4. The van der Waals surface area contributed by atoms with Gasteiger partial charge in [-0.05, 0) is 18.8 Å². The lowest BCUT2D eigenvalue weighted by Crippen LogP contribution is -2.52. The first-order valence-electron chi connectivity index (χ1n) is 6.61. The molecule has 1 fully saturated rings. The number of hydrogen-bond acceptors (Lipinski definition) is 5. The van der Waals surface area contributed by atoms with E-state index in [2.05, 4.69) is 6.92 Å². The molecule has 2 atom stereocenters. The highest BCUT2D eigenvalue weighted by atomic mass is 16.6. The average molecular weight is 259 g/mol. The third-order valence-electron chi connectivity index (χ3n) is 3.33. The van der Waals surface area contributed by atoms with Crippen molar-refractivity contribution in [3.63, 3.8) is 0 Å². The van der Waals surface area contributed by atoms with Gasteiger partial charge in [0, 0.05) is 7.11 Å². The molecule has 0 aliphatic heterocycles. The van der Waals surface area contributed by atoms with E-state index in [-0.39, 0.29) is 12.6 Å². The van der Waals surface area contributed by atoms with Crippen LogP contribution in [0.4, 0.5) is 0 Å². The molecule has 2 N–H and O–H groups in total. The molecule has 0 radical (unpaired) electrons. The van der Waals surface area contributed by atoms with Crippen LogP contribution in [-0.2, 0) is 19.0 Å². The molecule has 1 aliphatic carbocycles. The molecule has 5 heteroatoms. The topological polar surface area (TPSA) is 70.8 Å². The molecule has 0 heterocycles. The number of carbonyl (C=O) groups is 1. The lowest BCUT2D eigenvalue weighted by molar-refractivity contribution is -0.153. The first-order valence-corrected chi connectivity index (χ1v) is 6.61. The first kappa shape index (κ1) is 15.4. The van der Waals surface area contributed by atoms with E-state index < -0.39 is 5.54 Å². The van der Waals surface area contributed by atoms with Crippen molar-refractivity contribution >= 4 is 5.97 Å². The maximum absolute atomic E-state index is 11.9. The molecule has 1 saturated carbocycles. The molecule has 0 aromatic carbocycles. The fraction of sp³-hybridized carbons (Fsp3) is 0.923. The van der Waals surface area contributed by atoms with E-state index in [9.17, 15) is 4.79 Å². The van der Waals surface area contributed by atoms with Gasteiger partial charge >= 0.3 is 5.97 Å². The summed E-state index contributed by atoms with van der Waals surface area (Å²) >= 11 is 0. The van der Waals surface area contributed by atoms with E-state index in [0.29, 0.717) is 25.7 Å². The Labute approximate surface area is 109 Å². The Morgan fingerprint density at radius 1 is 1.33 bits per heavy atom. The van der Waals surface area contributed by atoms with E-state index in [1.165, 1.54) is 0 Å². The molecule has 0 saturated heterocycles. The van der Waals surface area contributed by atoms with Crippen LogP contribution in [0.5, 0.6) is 0 Å². The number of nitrogens with two attached hydrogens (primary N) is 1. The van der Waals surface area contributed by atoms with E-state index in [1.807, 2.05) is 0 Å². The number of hydrogen-bond donors (Lipinski definition) is 1. The lowest BCUT2D eigenvalue weighted by atomic mass is 9.77. The summed E-state index contributed by atoms with van der Waals surface area (Å²) in [6, 6.07) is 0. The number of esters is 1. The normalized spacial score (nSPS) is 28.1. The van der Waals surface area contributed by atoms with Gasteiger partial charge in [-0.15, -0.1) is 0 Å². The standard InChI is InChI=1S/C13H25NO4/c1-11-4-3-5-13(14,10-11)12(15)18-9-8-17-7-6-16-2/h11H,3-10,14H2,1-2H3. The van der Waals surface area contributed by atoms with Crippen LogP contribution in [0, 0.1) is 5.92 Å². The molecule has 2 unspecified atom stereocenters. The van der Waals surface area contributed by atoms with Gasteiger partial charge in [-0.2, -0.15) is 0 Å². The van der Waals surface area contributed by atoms with Crippen molar-refractivity contribution in [1.29, 1.82) is 0 Å². The van der Waals surface area contributed by atoms with Gasteiger partial charge in [-0.25, -0.2) is 0 Å². The monoisotopic (exact) mass is 259 g/mol. The summed E-state index contributed by atoms with van der Waals surface area (Å²) in [7, 11) is 1.62. The summed E-state index contributed by atoms with van der Waals surface area (Å²) < 4.78 is 15.2. The largest absolute Gasteiger partial charge is 0.462 e. The minimum atomic E-state index is -0.788. The molecular formula is C13H25NO4. The molecule has 0 amide bonds. The van der Waals surface area contributed by atoms with Crippen LogP contribution in [0.3, 0.4) is 0 Å². The minimum absolute atomic E-state index is 0.260. The van der Waals surface area contributed by atoms with Gasteiger partial charge in [-0.1, -0.05) is 19.8 Å². The molecule has 5 nitrogen and oxygen atoms in total. The zero-order valence-electron chi connectivity index (χ0n) is 11.4. The summed E-state index contributed by atoms with van der Waals surface area (Å²) in [6.07, 6.45) is 3.58. The molecule has 1 aliphatic rings. The van der Waals surface area contributed by atoms with Gasteiger partial charge in [0.05, 0.1) is 19.8 Å². The van der Waals surface area contributed by atoms with E-state index in [4.69, 9.17) is 19.9 Å². The molecule has 0 aromatic rings. The quantitative estimate of drug-likeness (QED) is 0.547. The summed E-state index contributed by atoms with van der Waals surface area (Å²) in [6.45, 7) is 3.84. The molecule has 18 heavy (non-hydrogen) atoms. The van der Waals surface area contributed by atoms with Crippen LogP contribution >= 0.6 is 0 Å². The second-order valence-corrected chi connectivity index (χ2v) is 5.10. The molecule has 106 valence electrons. The maximum Gasteiger partial charge on any atom is 0.326 e. The van der Waals surface area contributed by atoms with Gasteiger partial charge < -0.3 is 19.9 Å². The van der Waals surface area contributed by atoms with Crippen molar-refractivity contribution in [2.24, 2.45) is 11.7 Å². The first-order chi connectivity index (χ1) is 8.58. The van der Waals surface area contributed by atoms with Crippen molar-refractivity contribution in [2.45, 2.75) is 38.1 Å². The van der Waals surface area contributed by atoms with Crippen LogP contribution in [-0.4, -0.2) is 45.0 Å². The third kappa shape index (κ3) is 4.92. The number of methoxy groups -OCH3 is 1. The zero-order chi connectivity index (χ0) is 13.4. The van der Waals surface area contributed by atoms with Crippen molar-refractivity contribution in [3.8, 4) is 0 Å². The van der Waals surface area contributed by atoms with E-state index in [0.717, 1.165) is 25.7 Å². The summed E-state index contributed by atoms with van der Waals surface area (Å²) in [5.41, 5.74) is 5.33. The number of rotatable bonds is 7. The highest BCUT2D eigenvalue weighted by Crippen LogP contribution is 2.31. The van der Waals surface area contributed by atoms with Crippen LogP contribution < -0.4 is 5.73 Å². The number of ether oxygens (including phenoxy) is 3. The van der Waals surface area contributed by atoms with Crippen molar-refractivity contribution in [3.05, 3.63) is 0 Å². The van der Waals surface area contributed by atoms with Crippen molar-refractivity contribution in [2.75, 3.05) is 33.5 Å². The average Bonchev–Trinajstić information content (AvgIpc) is 2.33.